The topological polar surface area (TPSA) is 96.0 Å². The van der Waals surface area contributed by atoms with Gasteiger partial charge in [0.2, 0.25) is 21.8 Å². The molecule has 37 heavy (non-hydrogen) atoms. The number of unbranched alkanes of at least 4 members (excludes halogenated alkanes) is 1. The molecule has 0 bridgehead atoms. The minimum absolute atomic E-state index is 0.113. The number of carbonyl (C=O) groups is 2. The molecule has 0 aliphatic carbocycles. The Kier molecular flexibility index (Phi) is 11.9. The number of anilines is 1. The van der Waals surface area contributed by atoms with E-state index in [4.69, 9.17) is 4.74 Å². The molecule has 0 heterocycles. The van der Waals surface area contributed by atoms with Crippen LogP contribution in [0.5, 0.6) is 5.75 Å². The van der Waals surface area contributed by atoms with E-state index >= 15 is 0 Å². The van der Waals surface area contributed by atoms with E-state index in [-0.39, 0.29) is 24.8 Å². The lowest BCUT2D eigenvalue weighted by Gasteiger charge is -2.29. The molecule has 0 aromatic heterocycles. The fourth-order valence-electron chi connectivity index (χ4n) is 4.01. The molecule has 8 nitrogen and oxygen atoms in total. The third-order valence-corrected chi connectivity index (χ3v) is 7.21. The third kappa shape index (κ3) is 9.72. The minimum atomic E-state index is -3.55. The van der Waals surface area contributed by atoms with Crippen molar-refractivity contribution in [2.75, 3.05) is 30.3 Å². The van der Waals surface area contributed by atoms with E-state index in [0.29, 0.717) is 37.6 Å². The van der Waals surface area contributed by atoms with Crippen molar-refractivity contribution < 1.29 is 22.7 Å². The number of carbonyl (C=O) groups excluding carboxylic acids is 2. The summed E-state index contributed by atoms with van der Waals surface area (Å²) in [4.78, 5) is 27.7. The first-order valence-electron chi connectivity index (χ1n) is 12.9. The van der Waals surface area contributed by atoms with Crippen molar-refractivity contribution in [1.29, 1.82) is 0 Å². The second kappa shape index (κ2) is 14.6. The van der Waals surface area contributed by atoms with Gasteiger partial charge in [-0.25, -0.2) is 8.42 Å². The summed E-state index contributed by atoms with van der Waals surface area (Å²) in [5.74, 6) is 0.272. The molecule has 0 unspecified atom stereocenters. The van der Waals surface area contributed by atoms with Crippen LogP contribution in [0.25, 0.3) is 0 Å². The molecule has 0 spiro atoms. The second-order valence-corrected chi connectivity index (χ2v) is 11.1. The number of hydrogen-bond donors (Lipinski definition) is 1. The zero-order valence-corrected chi connectivity index (χ0v) is 23.5. The number of benzene rings is 2. The van der Waals surface area contributed by atoms with Gasteiger partial charge in [-0.1, -0.05) is 43.2 Å². The van der Waals surface area contributed by atoms with Crippen molar-refractivity contribution in [1.82, 2.24) is 10.2 Å². The molecule has 1 N–H and O–H groups in total. The molecule has 0 saturated carbocycles. The molecular weight excluding hydrogens is 490 g/mol. The first-order chi connectivity index (χ1) is 17.6. The molecule has 1 atom stereocenters. The molecule has 9 heteroatoms. The monoisotopic (exact) mass is 531 g/mol. The number of sulfonamides is 1. The summed E-state index contributed by atoms with van der Waals surface area (Å²) < 4.78 is 31.7. The third-order valence-electron chi connectivity index (χ3n) is 6.02. The van der Waals surface area contributed by atoms with Crippen LogP contribution in [0.2, 0.25) is 0 Å². The van der Waals surface area contributed by atoms with Gasteiger partial charge in [-0.05, 0) is 63.4 Å². The fraction of sp³-hybridized carbons (Fsp3) is 0.500. The molecule has 2 aromatic carbocycles. The van der Waals surface area contributed by atoms with Gasteiger partial charge < -0.3 is 15.0 Å². The average molecular weight is 532 g/mol. The molecule has 2 aromatic rings. The van der Waals surface area contributed by atoms with Crippen LogP contribution >= 0.6 is 0 Å². The summed E-state index contributed by atoms with van der Waals surface area (Å²) in [6, 6.07) is 14.0. The van der Waals surface area contributed by atoms with Gasteiger partial charge in [0.05, 0.1) is 18.6 Å². The maximum Gasteiger partial charge on any atom is 0.242 e. The number of ether oxygens (including phenoxy) is 1. The highest BCUT2D eigenvalue weighted by Gasteiger charge is 2.26. The molecular formula is C28H41N3O5S. The SMILES string of the molecule is CCCCNC(=O)[C@@H](C)N(Cc1cccc(C)c1)C(=O)CCCN(c1ccc(OCC)cc1)S(C)(=O)=O. The van der Waals surface area contributed by atoms with Gasteiger partial charge in [0, 0.05) is 26.1 Å². The van der Waals surface area contributed by atoms with Crippen molar-refractivity contribution in [2.24, 2.45) is 0 Å². The maximum atomic E-state index is 13.4. The van der Waals surface area contributed by atoms with Crippen LogP contribution in [0.15, 0.2) is 48.5 Å². The van der Waals surface area contributed by atoms with E-state index in [1.807, 2.05) is 38.1 Å². The smallest absolute Gasteiger partial charge is 0.242 e. The highest BCUT2D eigenvalue weighted by Crippen LogP contribution is 2.22. The largest absolute Gasteiger partial charge is 0.494 e. The van der Waals surface area contributed by atoms with Gasteiger partial charge in [-0.2, -0.15) is 0 Å². The Morgan fingerprint density at radius 3 is 2.35 bits per heavy atom. The lowest BCUT2D eigenvalue weighted by atomic mass is 10.1. The Bertz CT molecular complexity index is 1120. The summed E-state index contributed by atoms with van der Waals surface area (Å²) in [5.41, 5.74) is 2.52. The Morgan fingerprint density at radius 1 is 1.05 bits per heavy atom. The Labute approximate surface area is 222 Å². The van der Waals surface area contributed by atoms with Crippen LogP contribution in [0.3, 0.4) is 0 Å². The number of nitrogens with one attached hydrogen (secondary N) is 1. The van der Waals surface area contributed by atoms with Crippen LogP contribution < -0.4 is 14.4 Å². The minimum Gasteiger partial charge on any atom is -0.494 e. The van der Waals surface area contributed by atoms with Gasteiger partial charge in [-0.3, -0.25) is 13.9 Å². The lowest BCUT2D eigenvalue weighted by Crippen LogP contribution is -2.48. The molecule has 0 aliphatic rings. The second-order valence-electron chi connectivity index (χ2n) is 9.20. The van der Waals surface area contributed by atoms with Crippen LogP contribution in [0.1, 0.15) is 57.6 Å². The number of amides is 2. The summed E-state index contributed by atoms with van der Waals surface area (Å²) in [7, 11) is -3.55. The Morgan fingerprint density at radius 2 is 1.76 bits per heavy atom. The van der Waals surface area contributed by atoms with Crippen molar-refractivity contribution in [2.45, 2.75) is 66.0 Å². The normalized spacial score (nSPS) is 12.0. The number of nitrogens with zero attached hydrogens (tertiary/aromatic N) is 2. The van der Waals surface area contributed by atoms with E-state index in [9.17, 15) is 18.0 Å². The van der Waals surface area contributed by atoms with Crippen LogP contribution in [0.4, 0.5) is 5.69 Å². The quantitative estimate of drug-likeness (QED) is 0.346. The molecule has 2 amide bonds. The standard InChI is InChI=1S/C28H41N3O5S/c1-6-8-18-29-28(33)23(4)30(21-24-12-9-11-22(3)20-24)27(32)13-10-19-31(37(5,34)35)25-14-16-26(17-15-25)36-7-2/h9,11-12,14-17,20,23H,6-8,10,13,18-19,21H2,1-5H3,(H,29,33)/t23-/m1/s1. The first kappa shape index (κ1) is 30.2. The van der Waals surface area contributed by atoms with Crippen LogP contribution in [-0.4, -0.2) is 57.1 Å². The molecule has 0 aliphatic heterocycles. The molecule has 0 fully saturated rings. The highest BCUT2D eigenvalue weighted by atomic mass is 32.2. The van der Waals surface area contributed by atoms with Crippen molar-refractivity contribution >= 4 is 27.5 Å². The fourth-order valence-corrected chi connectivity index (χ4v) is 4.97. The van der Waals surface area contributed by atoms with Crippen molar-refractivity contribution in [3.63, 3.8) is 0 Å². The van der Waals surface area contributed by atoms with Crippen molar-refractivity contribution in [3.8, 4) is 5.75 Å². The molecule has 0 saturated heterocycles. The van der Waals surface area contributed by atoms with Gasteiger partial charge in [0.25, 0.3) is 0 Å². The Balaban J connectivity index is 2.13. The van der Waals surface area contributed by atoms with E-state index in [1.165, 1.54) is 4.31 Å². The lowest BCUT2D eigenvalue weighted by molar-refractivity contribution is -0.140. The maximum absolute atomic E-state index is 13.4. The van der Waals surface area contributed by atoms with E-state index in [1.54, 1.807) is 36.1 Å². The predicted octanol–water partition coefficient (Wildman–Crippen LogP) is 4.27. The highest BCUT2D eigenvalue weighted by molar-refractivity contribution is 7.92. The first-order valence-corrected chi connectivity index (χ1v) is 14.7. The predicted molar refractivity (Wildman–Crippen MR) is 148 cm³/mol. The zero-order chi connectivity index (χ0) is 27.4. The molecule has 0 radical (unpaired) electrons. The van der Waals surface area contributed by atoms with Crippen molar-refractivity contribution in [3.05, 3.63) is 59.7 Å². The Hall–Kier alpha value is -3.07. The van der Waals surface area contributed by atoms with Gasteiger partial charge in [0.1, 0.15) is 11.8 Å². The zero-order valence-electron chi connectivity index (χ0n) is 22.7. The van der Waals surface area contributed by atoms with E-state index in [2.05, 4.69) is 12.2 Å². The van der Waals surface area contributed by atoms with Crippen LogP contribution in [0, 0.1) is 6.92 Å². The number of hydrogen-bond acceptors (Lipinski definition) is 5. The number of aryl methyl sites for hydroxylation is 1. The van der Waals surface area contributed by atoms with E-state index < -0.39 is 16.1 Å². The average Bonchev–Trinajstić information content (AvgIpc) is 2.85. The summed E-state index contributed by atoms with van der Waals surface area (Å²) in [5, 5.41) is 2.91. The summed E-state index contributed by atoms with van der Waals surface area (Å²) >= 11 is 0. The molecule has 2 rings (SSSR count). The number of rotatable bonds is 15. The van der Waals surface area contributed by atoms with E-state index in [0.717, 1.165) is 30.2 Å². The summed E-state index contributed by atoms with van der Waals surface area (Å²) in [6.45, 7) is 9.19. The van der Waals surface area contributed by atoms with Crippen LogP contribution in [-0.2, 0) is 26.2 Å². The molecule has 204 valence electrons. The van der Waals surface area contributed by atoms with Gasteiger partial charge in [-0.15, -0.1) is 0 Å². The van der Waals surface area contributed by atoms with Gasteiger partial charge >= 0.3 is 0 Å². The van der Waals surface area contributed by atoms with Gasteiger partial charge in [0.15, 0.2) is 0 Å². The summed E-state index contributed by atoms with van der Waals surface area (Å²) in [6.07, 6.45) is 3.41.